The number of nitrogens with zero attached hydrogens (tertiary/aromatic N) is 4. The van der Waals surface area contributed by atoms with Gasteiger partial charge in [-0.25, -0.2) is 4.98 Å². The van der Waals surface area contributed by atoms with Gasteiger partial charge < -0.3 is 15.5 Å². The molecular formula is C25H26N6O. The Morgan fingerprint density at radius 3 is 2.84 bits per heavy atom. The third kappa shape index (κ3) is 3.20. The number of likely N-dealkylation sites (tertiary alicyclic amines) is 1. The molecule has 4 heterocycles. The fourth-order valence-corrected chi connectivity index (χ4v) is 5.24. The molecular weight excluding hydrogens is 400 g/mol. The average molecular weight is 427 g/mol. The summed E-state index contributed by atoms with van der Waals surface area (Å²) < 4.78 is 0. The molecule has 0 radical (unpaired) electrons. The molecule has 1 saturated carbocycles. The van der Waals surface area contributed by atoms with Gasteiger partial charge in [0.05, 0.1) is 18.3 Å². The van der Waals surface area contributed by atoms with Gasteiger partial charge in [-0.3, -0.25) is 14.8 Å². The summed E-state index contributed by atoms with van der Waals surface area (Å²) in [5, 5.41) is 9.13. The Balaban J connectivity index is 1.34. The minimum absolute atomic E-state index is 0.0299. The summed E-state index contributed by atoms with van der Waals surface area (Å²) in [6.45, 7) is 1.20. The van der Waals surface area contributed by atoms with Gasteiger partial charge in [0.15, 0.2) is 5.82 Å². The van der Waals surface area contributed by atoms with Crippen molar-refractivity contribution in [1.29, 1.82) is 0 Å². The summed E-state index contributed by atoms with van der Waals surface area (Å²) in [6.07, 6.45) is 9.00. The van der Waals surface area contributed by atoms with Gasteiger partial charge in [-0.2, -0.15) is 0 Å². The summed E-state index contributed by atoms with van der Waals surface area (Å²) >= 11 is 0. The van der Waals surface area contributed by atoms with Crippen molar-refractivity contribution >= 4 is 34.0 Å². The molecule has 1 aromatic carbocycles. The van der Waals surface area contributed by atoms with Crippen LogP contribution in [0.3, 0.4) is 0 Å². The Morgan fingerprint density at radius 2 is 1.94 bits per heavy atom. The van der Waals surface area contributed by atoms with E-state index in [0.29, 0.717) is 24.8 Å². The fraction of sp³-hybridized carbons (Fsp3) is 0.360. The van der Waals surface area contributed by atoms with Gasteiger partial charge in [0, 0.05) is 24.3 Å². The molecule has 6 rings (SSSR count). The number of carbonyl (C=O) groups excluding carboxylic acids is 1. The number of amidine groups is 1. The number of anilines is 2. The SMILES string of the molecule is O=C(c1nccc2ccccc12)N1CCC2(C1)Nc1cccnc1NC2=NC1CCCC1. The molecule has 2 aliphatic heterocycles. The first-order chi connectivity index (χ1) is 15.7. The molecule has 1 saturated heterocycles. The molecule has 1 unspecified atom stereocenters. The summed E-state index contributed by atoms with van der Waals surface area (Å²) in [4.78, 5) is 29.5. The van der Waals surface area contributed by atoms with E-state index < -0.39 is 5.54 Å². The Bertz CT molecular complexity index is 1210. The van der Waals surface area contributed by atoms with Crippen molar-refractivity contribution in [3.8, 4) is 0 Å². The molecule has 2 aromatic heterocycles. The number of aromatic nitrogens is 2. The van der Waals surface area contributed by atoms with Crippen LogP contribution in [0.4, 0.5) is 11.5 Å². The van der Waals surface area contributed by atoms with E-state index in [0.717, 1.165) is 47.4 Å². The van der Waals surface area contributed by atoms with Crippen LogP contribution in [0.15, 0.2) is 59.9 Å². The molecule has 3 aliphatic rings. The second-order valence-corrected chi connectivity index (χ2v) is 9.01. The maximum Gasteiger partial charge on any atom is 0.273 e. The van der Waals surface area contributed by atoms with Gasteiger partial charge in [-0.15, -0.1) is 0 Å². The Kier molecular flexibility index (Phi) is 4.56. The molecule has 1 atom stereocenters. The minimum Gasteiger partial charge on any atom is -0.368 e. The summed E-state index contributed by atoms with van der Waals surface area (Å²) in [6, 6.07) is 14.2. The third-order valence-corrected chi connectivity index (χ3v) is 6.94. The topological polar surface area (TPSA) is 82.5 Å². The van der Waals surface area contributed by atoms with E-state index in [9.17, 15) is 4.79 Å². The van der Waals surface area contributed by atoms with Crippen LogP contribution < -0.4 is 10.6 Å². The number of amides is 1. The van der Waals surface area contributed by atoms with E-state index in [-0.39, 0.29) is 5.91 Å². The van der Waals surface area contributed by atoms with Crippen molar-refractivity contribution in [3.05, 3.63) is 60.6 Å². The molecule has 3 aromatic rings. The number of pyridine rings is 2. The lowest BCUT2D eigenvalue weighted by Gasteiger charge is -2.38. The summed E-state index contributed by atoms with van der Waals surface area (Å²) in [5.41, 5.74) is 1.04. The van der Waals surface area contributed by atoms with E-state index in [1.807, 2.05) is 47.4 Å². The number of hydrogen-bond donors (Lipinski definition) is 2. The number of nitrogens with one attached hydrogen (secondary N) is 2. The van der Waals surface area contributed by atoms with Crippen molar-refractivity contribution in [1.82, 2.24) is 14.9 Å². The fourth-order valence-electron chi connectivity index (χ4n) is 5.24. The first kappa shape index (κ1) is 19.2. The van der Waals surface area contributed by atoms with Crippen molar-refractivity contribution in [2.45, 2.75) is 43.7 Å². The normalized spacial score (nSPS) is 24.0. The monoisotopic (exact) mass is 426 g/mol. The van der Waals surface area contributed by atoms with Gasteiger partial charge in [0.1, 0.15) is 17.1 Å². The van der Waals surface area contributed by atoms with E-state index in [1.165, 1.54) is 12.8 Å². The third-order valence-electron chi connectivity index (χ3n) is 6.94. The first-order valence-corrected chi connectivity index (χ1v) is 11.4. The molecule has 7 heteroatoms. The average Bonchev–Trinajstić information content (AvgIpc) is 3.49. The number of benzene rings is 1. The van der Waals surface area contributed by atoms with E-state index >= 15 is 0 Å². The van der Waals surface area contributed by atoms with Crippen molar-refractivity contribution in [3.63, 3.8) is 0 Å². The van der Waals surface area contributed by atoms with Gasteiger partial charge in [0.2, 0.25) is 0 Å². The number of aliphatic imine (C=N–C) groups is 1. The predicted octanol–water partition coefficient (Wildman–Crippen LogP) is 4.09. The molecule has 32 heavy (non-hydrogen) atoms. The van der Waals surface area contributed by atoms with Crippen LogP contribution in [-0.4, -0.2) is 51.3 Å². The summed E-state index contributed by atoms with van der Waals surface area (Å²) in [7, 11) is 0. The predicted molar refractivity (Wildman–Crippen MR) is 126 cm³/mol. The standard InChI is InChI=1S/C25H26N6O/c32-23(21-19-9-4-1-6-17(19)11-14-26-21)31-15-12-25(16-31)24(28-18-7-2-3-8-18)29-22-20(30-25)10-5-13-27-22/h1,4-6,9-11,13-14,18,30H,2-3,7-8,12,15-16H2,(H,27,28,29). The van der Waals surface area contributed by atoms with E-state index in [2.05, 4.69) is 20.6 Å². The van der Waals surface area contributed by atoms with Crippen molar-refractivity contribution in [2.75, 3.05) is 23.7 Å². The molecule has 1 aliphatic carbocycles. The van der Waals surface area contributed by atoms with Crippen LogP contribution in [0.1, 0.15) is 42.6 Å². The van der Waals surface area contributed by atoms with Gasteiger partial charge in [-0.05, 0) is 42.8 Å². The Labute approximate surface area is 187 Å². The van der Waals surface area contributed by atoms with Crippen LogP contribution in [-0.2, 0) is 0 Å². The van der Waals surface area contributed by atoms with E-state index in [4.69, 9.17) is 4.99 Å². The van der Waals surface area contributed by atoms with Crippen molar-refractivity contribution in [2.24, 2.45) is 4.99 Å². The number of rotatable bonds is 2. The van der Waals surface area contributed by atoms with Crippen LogP contribution in [0.2, 0.25) is 0 Å². The lowest BCUT2D eigenvalue weighted by atomic mass is 9.93. The smallest absolute Gasteiger partial charge is 0.273 e. The highest BCUT2D eigenvalue weighted by Crippen LogP contribution is 2.37. The van der Waals surface area contributed by atoms with E-state index in [1.54, 1.807) is 12.4 Å². The highest BCUT2D eigenvalue weighted by atomic mass is 16.2. The lowest BCUT2D eigenvalue weighted by Crippen LogP contribution is -2.55. The number of hydrogen-bond acceptors (Lipinski definition) is 5. The van der Waals surface area contributed by atoms with Crippen LogP contribution >= 0.6 is 0 Å². The maximum atomic E-state index is 13.5. The largest absolute Gasteiger partial charge is 0.368 e. The molecule has 2 fully saturated rings. The van der Waals surface area contributed by atoms with Crippen LogP contribution in [0, 0.1) is 0 Å². The van der Waals surface area contributed by atoms with Crippen molar-refractivity contribution < 1.29 is 4.79 Å². The van der Waals surface area contributed by atoms with Crippen LogP contribution in [0.5, 0.6) is 0 Å². The molecule has 1 amide bonds. The lowest BCUT2D eigenvalue weighted by molar-refractivity contribution is 0.0785. The zero-order valence-electron chi connectivity index (χ0n) is 17.9. The quantitative estimate of drug-likeness (QED) is 0.645. The zero-order valence-corrected chi connectivity index (χ0v) is 17.9. The Hall–Kier alpha value is -3.48. The highest BCUT2D eigenvalue weighted by molar-refractivity contribution is 6.10. The molecule has 7 nitrogen and oxygen atoms in total. The first-order valence-electron chi connectivity index (χ1n) is 11.4. The minimum atomic E-state index is -0.432. The molecule has 2 N–H and O–H groups in total. The van der Waals surface area contributed by atoms with Gasteiger partial charge in [-0.1, -0.05) is 37.1 Å². The van der Waals surface area contributed by atoms with Crippen LogP contribution in [0.25, 0.3) is 10.8 Å². The highest BCUT2D eigenvalue weighted by Gasteiger charge is 2.48. The second-order valence-electron chi connectivity index (χ2n) is 9.01. The Morgan fingerprint density at radius 1 is 1.06 bits per heavy atom. The number of carbonyl (C=O) groups is 1. The molecule has 0 bridgehead atoms. The molecule has 1 spiro atoms. The van der Waals surface area contributed by atoms with Gasteiger partial charge >= 0.3 is 0 Å². The maximum absolute atomic E-state index is 13.5. The number of fused-ring (bicyclic) bond motifs is 2. The second kappa shape index (κ2) is 7.58. The summed E-state index contributed by atoms with van der Waals surface area (Å²) in [5.74, 6) is 1.69. The van der Waals surface area contributed by atoms with Gasteiger partial charge in [0.25, 0.3) is 5.91 Å². The molecule has 162 valence electrons. The zero-order chi connectivity index (χ0) is 21.5.